The number of ether oxygens (including phenoxy) is 2. The van der Waals surface area contributed by atoms with Crippen LogP contribution in [-0.2, 0) is 15.1 Å². The zero-order chi connectivity index (χ0) is 10.3. The van der Waals surface area contributed by atoms with Gasteiger partial charge in [-0.25, -0.2) is 0 Å². The molecular formula is C13H16O2. The molecular weight excluding hydrogens is 188 g/mol. The first-order valence-electron chi connectivity index (χ1n) is 5.64. The predicted octanol–water partition coefficient (Wildman–Crippen LogP) is 2.48. The molecule has 1 saturated heterocycles. The van der Waals surface area contributed by atoms with Crippen molar-refractivity contribution in [2.45, 2.75) is 37.1 Å². The maximum absolute atomic E-state index is 5.93. The molecule has 1 aliphatic heterocycles. The normalized spacial score (nSPS) is 38.5. The quantitative estimate of drug-likeness (QED) is 0.690. The average Bonchev–Trinajstić information content (AvgIpc) is 3.05. The second-order valence-electron chi connectivity index (χ2n) is 4.42. The molecule has 80 valence electrons. The van der Waals surface area contributed by atoms with E-state index < -0.39 is 0 Å². The van der Waals surface area contributed by atoms with E-state index in [1.807, 2.05) is 6.07 Å². The van der Waals surface area contributed by atoms with E-state index in [2.05, 4.69) is 24.3 Å². The molecule has 3 rings (SSSR count). The summed E-state index contributed by atoms with van der Waals surface area (Å²) in [5.41, 5.74) is 1.16. The fourth-order valence-corrected chi connectivity index (χ4v) is 2.89. The second-order valence-corrected chi connectivity index (χ2v) is 4.42. The summed E-state index contributed by atoms with van der Waals surface area (Å²) in [5, 5.41) is 0. The first kappa shape index (κ1) is 9.37. The lowest BCUT2D eigenvalue weighted by Gasteiger charge is -2.27. The van der Waals surface area contributed by atoms with Crippen molar-refractivity contribution < 1.29 is 9.47 Å². The molecule has 2 fully saturated rings. The molecule has 1 aromatic carbocycles. The van der Waals surface area contributed by atoms with Crippen LogP contribution in [-0.4, -0.2) is 19.3 Å². The largest absolute Gasteiger partial charge is 0.378 e. The van der Waals surface area contributed by atoms with Crippen molar-refractivity contribution in [1.29, 1.82) is 0 Å². The van der Waals surface area contributed by atoms with E-state index in [9.17, 15) is 0 Å². The Kier molecular flexibility index (Phi) is 2.08. The van der Waals surface area contributed by atoms with E-state index in [0.29, 0.717) is 6.10 Å². The minimum atomic E-state index is -0.117. The molecule has 1 heterocycles. The number of epoxide rings is 1. The zero-order valence-corrected chi connectivity index (χ0v) is 8.98. The molecule has 2 nitrogen and oxygen atoms in total. The third-order valence-electron chi connectivity index (χ3n) is 3.68. The summed E-state index contributed by atoms with van der Waals surface area (Å²) in [6.45, 7) is 0. The zero-order valence-electron chi connectivity index (χ0n) is 8.98. The van der Waals surface area contributed by atoms with Crippen molar-refractivity contribution in [2.75, 3.05) is 7.11 Å². The summed E-state index contributed by atoms with van der Waals surface area (Å²) in [6, 6.07) is 10.5. The predicted molar refractivity (Wildman–Crippen MR) is 57.6 cm³/mol. The van der Waals surface area contributed by atoms with Crippen molar-refractivity contribution in [2.24, 2.45) is 0 Å². The summed E-state index contributed by atoms with van der Waals surface area (Å²) in [4.78, 5) is 0. The van der Waals surface area contributed by atoms with Gasteiger partial charge in [0.25, 0.3) is 0 Å². The summed E-state index contributed by atoms with van der Waals surface area (Å²) in [7, 11) is 1.79. The summed E-state index contributed by atoms with van der Waals surface area (Å²) < 4.78 is 11.5. The van der Waals surface area contributed by atoms with Gasteiger partial charge in [-0.1, -0.05) is 30.3 Å². The monoisotopic (exact) mass is 204 g/mol. The molecule has 0 N–H and O–H groups in total. The minimum Gasteiger partial charge on any atom is -0.378 e. The standard InChI is InChI=1S/C13H16O2/c1-14-11-8-5-9-12-13(11,15-12)10-6-3-2-4-7-10/h2-4,6-7,11-12H,5,8-9H2,1H3. The highest BCUT2D eigenvalue weighted by molar-refractivity contribution is 5.32. The molecule has 0 amide bonds. The number of benzene rings is 1. The minimum absolute atomic E-state index is 0.117. The number of rotatable bonds is 2. The molecule has 2 heteroatoms. The number of methoxy groups -OCH3 is 1. The molecule has 2 aliphatic rings. The Bertz CT molecular complexity index is 349. The van der Waals surface area contributed by atoms with E-state index in [4.69, 9.17) is 9.47 Å². The van der Waals surface area contributed by atoms with Gasteiger partial charge in [-0.05, 0) is 24.8 Å². The van der Waals surface area contributed by atoms with Gasteiger partial charge in [0.1, 0.15) is 5.60 Å². The van der Waals surface area contributed by atoms with Crippen molar-refractivity contribution in [3.05, 3.63) is 35.9 Å². The Hall–Kier alpha value is -0.860. The number of hydrogen-bond donors (Lipinski definition) is 0. The molecule has 0 spiro atoms. The number of fused-ring (bicyclic) bond motifs is 1. The van der Waals surface area contributed by atoms with Gasteiger partial charge >= 0.3 is 0 Å². The molecule has 3 unspecified atom stereocenters. The second kappa shape index (κ2) is 3.32. The van der Waals surface area contributed by atoms with Gasteiger partial charge in [0.05, 0.1) is 12.2 Å². The van der Waals surface area contributed by atoms with Crippen LogP contribution in [0.3, 0.4) is 0 Å². The van der Waals surface area contributed by atoms with Gasteiger partial charge in [0.2, 0.25) is 0 Å². The van der Waals surface area contributed by atoms with Crippen molar-refractivity contribution in [3.63, 3.8) is 0 Å². The van der Waals surface area contributed by atoms with Crippen LogP contribution in [0, 0.1) is 0 Å². The molecule has 0 radical (unpaired) electrons. The fraction of sp³-hybridized carbons (Fsp3) is 0.538. The molecule has 1 aliphatic carbocycles. The van der Waals surface area contributed by atoms with Gasteiger partial charge in [-0.2, -0.15) is 0 Å². The Labute approximate surface area is 90.2 Å². The molecule has 0 aromatic heterocycles. The highest BCUT2D eigenvalue weighted by atomic mass is 16.6. The van der Waals surface area contributed by atoms with Crippen LogP contribution < -0.4 is 0 Å². The van der Waals surface area contributed by atoms with Gasteiger partial charge in [-0.15, -0.1) is 0 Å². The molecule has 0 bridgehead atoms. The first-order chi connectivity index (χ1) is 7.38. The van der Waals surface area contributed by atoms with Crippen molar-refractivity contribution in [1.82, 2.24) is 0 Å². The van der Waals surface area contributed by atoms with E-state index >= 15 is 0 Å². The Morgan fingerprint density at radius 3 is 2.80 bits per heavy atom. The van der Waals surface area contributed by atoms with E-state index in [0.717, 1.165) is 6.42 Å². The maximum atomic E-state index is 5.93. The highest BCUT2D eigenvalue weighted by Gasteiger charge is 2.64. The summed E-state index contributed by atoms with van der Waals surface area (Å²) >= 11 is 0. The van der Waals surface area contributed by atoms with Crippen LogP contribution in [0.15, 0.2) is 30.3 Å². The van der Waals surface area contributed by atoms with Crippen molar-refractivity contribution in [3.8, 4) is 0 Å². The topological polar surface area (TPSA) is 21.8 Å². The van der Waals surface area contributed by atoms with Crippen LogP contribution in [0.1, 0.15) is 24.8 Å². The maximum Gasteiger partial charge on any atom is 0.146 e. The Morgan fingerprint density at radius 2 is 2.07 bits per heavy atom. The lowest BCUT2D eigenvalue weighted by Crippen LogP contribution is -2.34. The highest BCUT2D eigenvalue weighted by Crippen LogP contribution is 2.56. The smallest absolute Gasteiger partial charge is 0.146 e. The van der Waals surface area contributed by atoms with Crippen LogP contribution in [0.5, 0.6) is 0 Å². The Balaban J connectivity index is 1.96. The third-order valence-corrected chi connectivity index (χ3v) is 3.68. The molecule has 1 aromatic rings. The van der Waals surface area contributed by atoms with Crippen LogP contribution in [0.4, 0.5) is 0 Å². The van der Waals surface area contributed by atoms with Gasteiger partial charge in [0, 0.05) is 7.11 Å². The summed E-state index contributed by atoms with van der Waals surface area (Å²) in [5.74, 6) is 0. The lowest BCUT2D eigenvalue weighted by atomic mass is 9.81. The SMILES string of the molecule is COC1CCCC2OC12c1ccccc1. The number of hydrogen-bond acceptors (Lipinski definition) is 2. The molecule has 1 saturated carbocycles. The molecule has 15 heavy (non-hydrogen) atoms. The first-order valence-corrected chi connectivity index (χ1v) is 5.64. The fourth-order valence-electron chi connectivity index (χ4n) is 2.89. The van der Waals surface area contributed by atoms with Crippen LogP contribution in [0.2, 0.25) is 0 Å². The van der Waals surface area contributed by atoms with E-state index in [-0.39, 0.29) is 11.7 Å². The lowest BCUT2D eigenvalue weighted by molar-refractivity contribution is 0.0187. The van der Waals surface area contributed by atoms with Crippen molar-refractivity contribution >= 4 is 0 Å². The molecule has 3 atom stereocenters. The third kappa shape index (κ3) is 1.25. The Morgan fingerprint density at radius 1 is 1.27 bits per heavy atom. The van der Waals surface area contributed by atoms with Gasteiger partial charge < -0.3 is 9.47 Å². The van der Waals surface area contributed by atoms with Gasteiger partial charge in [0.15, 0.2) is 0 Å². The van der Waals surface area contributed by atoms with E-state index in [1.165, 1.54) is 18.4 Å². The van der Waals surface area contributed by atoms with E-state index in [1.54, 1.807) is 7.11 Å². The van der Waals surface area contributed by atoms with Crippen LogP contribution in [0.25, 0.3) is 0 Å². The summed E-state index contributed by atoms with van der Waals surface area (Å²) in [6.07, 6.45) is 4.13. The average molecular weight is 204 g/mol. The van der Waals surface area contributed by atoms with Crippen LogP contribution >= 0.6 is 0 Å². The van der Waals surface area contributed by atoms with Gasteiger partial charge in [-0.3, -0.25) is 0 Å².